The Kier molecular flexibility index (Phi) is 7.39. The van der Waals surface area contributed by atoms with Crippen molar-refractivity contribution in [1.82, 2.24) is 0 Å². The highest BCUT2D eigenvalue weighted by Gasteiger charge is 2.13. The highest BCUT2D eigenvalue weighted by Crippen LogP contribution is 2.26. The molecule has 0 aromatic heterocycles. The van der Waals surface area contributed by atoms with Gasteiger partial charge in [0.25, 0.3) is 0 Å². The van der Waals surface area contributed by atoms with E-state index in [2.05, 4.69) is 5.32 Å². The monoisotopic (exact) mass is 350 g/mol. The molecule has 2 aromatic carbocycles. The number of anilines is 2. The van der Waals surface area contributed by atoms with E-state index in [-0.39, 0.29) is 24.2 Å². The van der Waals surface area contributed by atoms with Gasteiger partial charge in [0, 0.05) is 12.5 Å². The van der Waals surface area contributed by atoms with Gasteiger partial charge in [0.05, 0.1) is 25.6 Å². The van der Waals surface area contributed by atoms with Crippen molar-refractivity contribution in [3.05, 3.63) is 48.0 Å². The second kappa shape index (κ2) is 9.03. The van der Waals surface area contributed by atoms with Crippen LogP contribution in [0.3, 0.4) is 0 Å². The summed E-state index contributed by atoms with van der Waals surface area (Å²) in [6.07, 6.45) is 0.364. The van der Waals surface area contributed by atoms with Gasteiger partial charge in [-0.25, -0.2) is 0 Å². The topological polar surface area (TPSA) is 73.6 Å². The van der Waals surface area contributed by atoms with Gasteiger partial charge in [0.15, 0.2) is 0 Å². The lowest BCUT2D eigenvalue weighted by Gasteiger charge is -2.14. The number of benzene rings is 2. The molecular formula is C18H23ClN2O3. The van der Waals surface area contributed by atoms with Crippen molar-refractivity contribution in [1.29, 1.82) is 0 Å². The second-order valence-corrected chi connectivity index (χ2v) is 5.38. The number of carbonyl (C=O) groups excluding carboxylic acids is 1. The second-order valence-electron chi connectivity index (χ2n) is 5.38. The summed E-state index contributed by atoms with van der Waals surface area (Å²) in [6, 6.07) is 12.9. The lowest BCUT2D eigenvalue weighted by molar-refractivity contribution is -0.116. The summed E-state index contributed by atoms with van der Waals surface area (Å²) in [7, 11) is 3.20. The third-order valence-electron chi connectivity index (χ3n) is 3.71. The molecule has 0 bridgehead atoms. The Morgan fingerprint density at radius 1 is 1.08 bits per heavy atom. The molecule has 0 aliphatic heterocycles. The van der Waals surface area contributed by atoms with E-state index in [1.807, 2.05) is 31.2 Å². The van der Waals surface area contributed by atoms with Gasteiger partial charge in [0.1, 0.15) is 11.5 Å². The van der Waals surface area contributed by atoms with Crippen LogP contribution in [0.2, 0.25) is 0 Å². The van der Waals surface area contributed by atoms with E-state index in [0.717, 1.165) is 11.3 Å². The maximum atomic E-state index is 12.2. The van der Waals surface area contributed by atoms with Gasteiger partial charge in [-0.2, -0.15) is 0 Å². The summed E-state index contributed by atoms with van der Waals surface area (Å²) < 4.78 is 10.3. The van der Waals surface area contributed by atoms with Gasteiger partial charge in [-0.3, -0.25) is 4.79 Å². The highest BCUT2D eigenvalue weighted by molar-refractivity contribution is 5.94. The SMILES string of the molecule is COc1ccc(C(C)CC(=O)Nc2cc(OC)ccc2N)cc1.Cl. The smallest absolute Gasteiger partial charge is 0.225 e. The molecule has 0 fully saturated rings. The van der Waals surface area contributed by atoms with Gasteiger partial charge in [0.2, 0.25) is 5.91 Å². The van der Waals surface area contributed by atoms with Crippen molar-refractivity contribution >= 4 is 29.7 Å². The molecule has 3 N–H and O–H groups in total. The number of hydrogen-bond acceptors (Lipinski definition) is 4. The summed E-state index contributed by atoms with van der Waals surface area (Å²) in [6.45, 7) is 2.01. The van der Waals surface area contributed by atoms with Crippen LogP contribution in [0.1, 0.15) is 24.8 Å². The first-order chi connectivity index (χ1) is 11.0. The number of amides is 1. The Balaban J connectivity index is 0.00000288. The Hall–Kier alpha value is -2.40. The molecule has 130 valence electrons. The van der Waals surface area contributed by atoms with E-state index >= 15 is 0 Å². The van der Waals surface area contributed by atoms with Crippen LogP contribution >= 0.6 is 12.4 Å². The van der Waals surface area contributed by atoms with Crippen molar-refractivity contribution < 1.29 is 14.3 Å². The van der Waals surface area contributed by atoms with E-state index in [9.17, 15) is 4.79 Å². The minimum atomic E-state index is -0.0896. The fourth-order valence-corrected chi connectivity index (χ4v) is 2.30. The van der Waals surface area contributed by atoms with Crippen molar-refractivity contribution in [2.75, 3.05) is 25.3 Å². The number of rotatable bonds is 6. The number of ether oxygens (including phenoxy) is 2. The van der Waals surface area contributed by atoms with Crippen LogP contribution in [0, 0.1) is 0 Å². The quantitative estimate of drug-likeness (QED) is 0.776. The fourth-order valence-electron chi connectivity index (χ4n) is 2.30. The predicted octanol–water partition coefficient (Wildman–Crippen LogP) is 3.84. The van der Waals surface area contributed by atoms with E-state index in [0.29, 0.717) is 23.5 Å². The summed E-state index contributed by atoms with van der Waals surface area (Å²) in [4.78, 5) is 12.2. The van der Waals surface area contributed by atoms with Crippen molar-refractivity contribution in [2.45, 2.75) is 19.3 Å². The Morgan fingerprint density at radius 3 is 2.25 bits per heavy atom. The normalized spacial score (nSPS) is 11.1. The standard InChI is InChI=1S/C18H22N2O3.ClH/c1-12(13-4-6-14(22-2)7-5-13)10-18(21)20-17-11-15(23-3)8-9-16(17)19;/h4-9,11-12H,10,19H2,1-3H3,(H,20,21);1H. The lowest BCUT2D eigenvalue weighted by atomic mass is 9.97. The predicted molar refractivity (Wildman–Crippen MR) is 99.3 cm³/mol. The zero-order chi connectivity index (χ0) is 16.8. The molecule has 1 amide bonds. The summed E-state index contributed by atoms with van der Waals surface area (Å²) in [5.74, 6) is 1.45. The van der Waals surface area contributed by atoms with Gasteiger partial charge in [-0.15, -0.1) is 12.4 Å². The number of carbonyl (C=O) groups is 1. The number of nitrogens with one attached hydrogen (secondary N) is 1. The fraction of sp³-hybridized carbons (Fsp3) is 0.278. The van der Waals surface area contributed by atoms with E-state index in [1.54, 1.807) is 32.4 Å². The number of methoxy groups -OCH3 is 2. The Morgan fingerprint density at radius 2 is 1.67 bits per heavy atom. The van der Waals surface area contributed by atoms with Crippen LogP contribution in [-0.4, -0.2) is 20.1 Å². The van der Waals surface area contributed by atoms with Gasteiger partial charge >= 0.3 is 0 Å². The molecule has 2 aromatic rings. The van der Waals surface area contributed by atoms with E-state index in [1.165, 1.54) is 0 Å². The van der Waals surface area contributed by atoms with Crippen LogP contribution in [0.5, 0.6) is 11.5 Å². The zero-order valence-electron chi connectivity index (χ0n) is 14.0. The maximum Gasteiger partial charge on any atom is 0.225 e. The molecule has 0 heterocycles. The number of nitrogens with two attached hydrogens (primary N) is 1. The Labute approximate surface area is 148 Å². The van der Waals surface area contributed by atoms with Crippen LogP contribution < -0.4 is 20.5 Å². The molecular weight excluding hydrogens is 328 g/mol. The Bertz CT molecular complexity index is 674. The van der Waals surface area contributed by atoms with E-state index < -0.39 is 0 Å². The average Bonchev–Trinajstić information content (AvgIpc) is 2.56. The third kappa shape index (κ3) is 5.06. The first kappa shape index (κ1) is 19.6. The molecule has 6 heteroatoms. The summed E-state index contributed by atoms with van der Waals surface area (Å²) >= 11 is 0. The summed E-state index contributed by atoms with van der Waals surface area (Å²) in [5.41, 5.74) is 8.04. The van der Waals surface area contributed by atoms with Crippen molar-refractivity contribution in [3.63, 3.8) is 0 Å². The van der Waals surface area contributed by atoms with Crippen molar-refractivity contribution in [2.24, 2.45) is 0 Å². The number of hydrogen-bond donors (Lipinski definition) is 2. The van der Waals surface area contributed by atoms with Crippen LogP contribution in [0.15, 0.2) is 42.5 Å². The van der Waals surface area contributed by atoms with Gasteiger partial charge in [-0.05, 0) is 35.7 Å². The minimum absolute atomic E-state index is 0. The largest absolute Gasteiger partial charge is 0.497 e. The zero-order valence-corrected chi connectivity index (χ0v) is 14.9. The molecule has 24 heavy (non-hydrogen) atoms. The van der Waals surface area contributed by atoms with Crippen LogP contribution in [0.25, 0.3) is 0 Å². The van der Waals surface area contributed by atoms with Gasteiger partial charge in [-0.1, -0.05) is 19.1 Å². The molecule has 1 atom stereocenters. The molecule has 0 spiro atoms. The van der Waals surface area contributed by atoms with Crippen LogP contribution in [-0.2, 0) is 4.79 Å². The molecule has 0 aliphatic carbocycles. The minimum Gasteiger partial charge on any atom is -0.497 e. The highest BCUT2D eigenvalue weighted by atomic mass is 35.5. The molecule has 0 saturated heterocycles. The summed E-state index contributed by atoms with van der Waals surface area (Å²) in [5, 5.41) is 2.84. The van der Waals surface area contributed by atoms with Crippen LogP contribution in [0.4, 0.5) is 11.4 Å². The number of nitrogen functional groups attached to an aromatic ring is 1. The molecule has 2 rings (SSSR count). The first-order valence-corrected chi connectivity index (χ1v) is 7.40. The van der Waals surface area contributed by atoms with E-state index in [4.69, 9.17) is 15.2 Å². The molecule has 0 saturated carbocycles. The molecule has 1 unspecified atom stereocenters. The lowest BCUT2D eigenvalue weighted by Crippen LogP contribution is -2.15. The average molecular weight is 351 g/mol. The maximum absolute atomic E-state index is 12.2. The molecule has 0 aliphatic rings. The molecule has 0 radical (unpaired) electrons. The molecule has 5 nitrogen and oxygen atoms in total. The number of halogens is 1. The van der Waals surface area contributed by atoms with Gasteiger partial charge < -0.3 is 20.5 Å². The first-order valence-electron chi connectivity index (χ1n) is 7.40. The van der Waals surface area contributed by atoms with Crippen molar-refractivity contribution in [3.8, 4) is 11.5 Å². The third-order valence-corrected chi connectivity index (χ3v) is 3.71.